The molecule has 4 aromatic rings. The summed E-state index contributed by atoms with van der Waals surface area (Å²) < 4.78 is 5.77. The van der Waals surface area contributed by atoms with E-state index in [1.165, 1.54) is 5.56 Å². The Balaban J connectivity index is 1.51. The van der Waals surface area contributed by atoms with Crippen molar-refractivity contribution in [2.24, 2.45) is 21.1 Å². The molecule has 132 valence electrons. The maximum Gasteiger partial charge on any atom is 0.160 e. The summed E-state index contributed by atoms with van der Waals surface area (Å²) in [4.78, 5) is 9.26. The number of hydrogen-bond donors (Lipinski definition) is 0. The lowest BCUT2D eigenvalue weighted by molar-refractivity contribution is 0.745. The van der Waals surface area contributed by atoms with Gasteiger partial charge in [-0.2, -0.15) is 10.2 Å². The van der Waals surface area contributed by atoms with Gasteiger partial charge in [-0.25, -0.2) is 9.97 Å². The normalized spacial score (nSPS) is 19.4. The largest absolute Gasteiger partial charge is 0.318 e. The van der Waals surface area contributed by atoms with Crippen molar-refractivity contribution in [2.75, 3.05) is 0 Å². The summed E-state index contributed by atoms with van der Waals surface area (Å²) in [5.41, 5.74) is 7.42. The second-order valence-corrected chi connectivity index (χ2v) is 7.33. The highest BCUT2D eigenvalue weighted by Crippen LogP contribution is 2.54. The summed E-state index contributed by atoms with van der Waals surface area (Å²) >= 11 is 0. The van der Waals surface area contributed by atoms with Gasteiger partial charge >= 0.3 is 0 Å². The van der Waals surface area contributed by atoms with E-state index in [0.717, 1.165) is 40.2 Å². The molecule has 0 amide bonds. The Labute approximate surface area is 151 Å². The number of aryl methyl sites for hydroxylation is 4. The van der Waals surface area contributed by atoms with Crippen LogP contribution < -0.4 is 0 Å². The standard InChI is InChI=1S/C19H21N7/c1-11-5-16(22-19-18(11)20-10-24(19)2)17-7-15(23-26(17)4)14-6-13(14)12-8-21-25(3)9-12/h5,7-10,13-14H,6H2,1-4H3. The quantitative estimate of drug-likeness (QED) is 0.571. The highest BCUT2D eigenvalue weighted by atomic mass is 15.3. The predicted octanol–water partition coefficient (Wildman–Crippen LogP) is 2.68. The minimum atomic E-state index is 0.473. The third-order valence-electron chi connectivity index (χ3n) is 5.34. The van der Waals surface area contributed by atoms with Crippen LogP contribution in [0.4, 0.5) is 0 Å². The van der Waals surface area contributed by atoms with E-state index in [1.54, 1.807) is 0 Å². The van der Waals surface area contributed by atoms with Crippen LogP contribution in [0.15, 0.2) is 30.9 Å². The summed E-state index contributed by atoms with van der Waals surface area (Å²) in [5.74, 6) is 1.00. The van der Waals surface area contributed by atoms with E-state index in [0.29, 0.717) is 11.8 Å². The number of aromatic nitrogens is 7. The molecule has 5 rings (SSSR count). The molecule has 2 atom stereocenters. The zero-order chi connectivity index (χ0) is 18.0. The van der Waals surface area contributed by atoms with Gasteiger partial charge in [0.25, 0.3) is 0 Å². The molecule has 0 saturated heterocycles. The highest BCUT2D eigenvalue weighted by molar-refractivity contribution is 5.78. The van der Waals surface area contributed by atoms with E-state index < -0.39 is 0 Å². The molecule has 4 heterocycles. The molecule has 0 bridgehead atoms. The maximum absolute atomic E-state index is 4.83. The number of fused-ring (bicyclic) bond motifs is 1. The van der Waals surface area contributed by atoms with Gasteiger partial charge in [0.15, 0.2) is 5.65 Å². The minimum absolute atomic E-state index is 0.473. The van der Waals surface area contributed by atoms with Gasteiger partial charge in [-0.15, -0.1) is 0 Å². The molecule has 7 heteroatoms. The van der Waals surface area contributed by atoms with Crippen LogP contribution in [0.3, 0.4) is 0 Å². The van der Waals surface area contributed by atoms with Gasteiger partial charge in [0.1, 0.15) is 5.52 Å². The molecule has 2 unspecified atom stereocenters. The van der Waals surface area contributed by atoms with Gasteiger partial charge in [-0.3, -0.25) is 9.36 Å². The number of rotatable bonds is 3. The van der Waals surface area contributed by atoms with Crippen LogP contribution >= 0.6 is 0 Å². The van der Waals surface area contributed by atoms with Crippen LogP contribution in [-0.4, -0.2) is 34.1 Å². The molecule has 4 aromatic heterocycles. The van der Waals surface area contributed by atoms with Crippen molar-refractivity contribution in [2.45, 2.75) is 25.2 Å². The van der Waals surface area contributed by atoms with Crippen molar-refractivity contribution in [1.29, 1.82) is 0 Å². The van der Waals surface area contributed by atoms with Crippen molar-refractivity contribution in [3.8, 4) is 11.4 Å². The molecule has 26 heavy (non-hydrogen) atoms. The van der Waals surface area contributed by atoms with E-state index in [2.05, 4.69) is 35.3 Å². The Morgan fingerprint density at radius 3 is 2.73 bits per heavy atom. The molecule has 7 nitrogen and oxygen atoms in total. The van der Waals surface area contributed by atoms with Crippen molar-refractivity contribution in [1.82, 2.24) is 34.1 Å². The predicted molar refractivity (Wildman–Crippen MR) is 98.8 cm³/mol. The van der Waals surface area contributed by atoms with Gasteiger partial charge in [-0.05, 0) is 42.5 Å². The van der Waals surface area contributed by atoms with Crippen LogP contribution in [0, 0.1) is 6.92 Å². The first-order valence-electron chi connectivity index (χ1n) is 8.83. The van der Waals surface area contributed by atoms with Gasteiger partial charge in [0.05, 0.1) is 29.6 Å². The molecule has 1 aliphatic rings. The number of nitrogens with zero attached hydrogens (tertiary/aromatic N) is 7. The number of pyridine rings is 1. The van der Waals surface area contributed by atoms with Crippen molar-refractivity contribution >= 4 is 11.2 Å². The Morgan fingerprint density at radius 2 is 1.96 bits per heavy atom. The number of imidazole rings is 1. The van der Waals surface area contributed by atoms with Crippen LogP contribution in [0.2, 0.25) is 0 Å². The SMILES string of the molecule is Cc1cc(-c2cc(C3CC3c3cnn(C)c3)nn2C)nc2c1ncn2C. The highest BCUT2D eigenvalue weighted by Gasteiger charge is 2.42. The molecule has 0 radical (unpaired) electrons. The average molecular weight is 347 g/mol. The lowest BCUT2D eigenvalue weighted by Gasteiger charge is -2.04. The Kier molecular flexibility index (Phi) is 3.10. The zero-order valence-corrected chi connectivity index (χ0v) is 15.4. The third kappa shape index (κ3) is 2.27. The lowest BCUT2D eigenvalue weighted by Crippen LogP contribution is -1.98. The monoisotopic (exact) mass is 347 g/mol. The summed E-state index contributed by atoms with van der Waals surface area (Å²) in [6.07, 6.45) is 7.02. The lowest BCUT2D eigenvalue weighted by atomic mass is 10.1. The minimum Gasteiger partial charge on any atom is -0.318 e. The second kappa shape index (κ2) is 5.27. The van der Waals surface area contributed by atoms with Crippen molar-refractivity contribution < 1.29 is 0 Å². The molecule has 0 aromatic carbocycles. The van der Waals surface area contributed by atoms with Crippen LogP contribution in [0.1, 0.15) is 35.1 Å². The Morgan fingerprint density at radius 1 is 1.12 bits per heavy atom. The summed E-state index contributed by atoms with van der Waals surface area (Å²) in [6, 6.07) is 4.28. The van der Waals surface area contributed by atoms with Gasteiger partial charge in [0, 0.05) is 33.3 Å². The van der Waals surface area contributed by atoms with Crippen molar-refractivity contribution in [3.05, 3.63) is 47.7 Å². The maximum atomic E-state index is 4.83. The smallest absolute Gasteiger partial charge is 0.160 e. The fourth-order valence-electron chi connectivity index (χ4n) is 3.82. The third-order valence-corrected chi connectivity index (χ3v) is 5.34. The first kappa shape index (κ1) is 15.3. The second-order valence-electron chi connectivity index (χ2n) is 7.33. The first-order chi connectivity index (χ1) is 12.5. The van der Waals surface area contributed by atoms with Crippen LogP contribution in [0.25, 0.3) is 22.6 Å². The van der Waals surface area contributed by atoms with E-state index in [1.807, 2.05) is 47.6 Å². The van der Waals surface area contributed by atoms with Crippen molar-refractivity contribution in [3.63, 3.8) is 0 Å². The molecule has 1 fully saturated rings. The van der Waals surface area contributed by atoms with Gasteiger partial charge in [0.2, 0.25) is 0 Å². The van der Waals surface area contributed by atoms with E-state index in [-0.39, 0.29) is 0 Å². The summed E-state index contributed by atoms with van der Waals surface area (Å²) in [7, 11) is 5.93. The molecular formula is C19H21N7. The molecule has 0 aliphatic heterocycles. The van der Waals surface area contributed by atoms with Crippen LogP contribution in [0.5, 0.6) is 0 Å². The van der Waals surface area contributed by atoms with Gasteiger partial charge in [-0.1, -0.05) is 0 Å². The summed E-state index contributed by atoms with van der Waals surface area (Å²) in [6.45, 7) is 2.08. The molecular weight excluding hydrogens is 326 g/mol. The zero-order valence-electron chi connectivity index (χ0n) is 15.4. The Bertz CT molecular complexity index is 1130. The fraction of sp³-hybridized carbons (Fsp3) is 0.368. The first-order valence-corrected chi connectivity index (χ1v) is 8.83. The van der Waals surface area contributed by atoms with E-state index in [9.17, 15) is 0 Å². The topological polar surface area (TPSA) is 66.3 Å². The van der Waals surface area contributed by atoms with E-state index in [4.69, 9.17) is 10.1 Å². The van der Waals surface area contributed by atoms with Crippen LogP contribution in [-0.2, 0) is 21.1 Å². The number of hydrogen-bond acceptors (Lipinski definition) is 4. The van der Waals surface area contributed by atoms with Gasteiger partial charge < -0.3 is 4.57 Å². The molecule has 1 aliphatic carbocycles. The Hall–Kier alpha value is -2.96. The molecule has 1 saturated carbocycles. The van der Waals surface area contributed by atoms with E-state index >= 15 is 0 Å². The fourth-order valence-corrected chi connectivity index (χ4v) is 3.82. The summed E-state index contributed by atoms with van der Waals surface area (Å²) in [5, 5.41) is 9.07. The average Bonchev–Trinajstić information content (AvgIpc) is 2.91. The molecule has 0 spiro atoms. The molecule has 0 N–H and O–H groups in total.